The molecule has 14 heavy (non-hydrogen) atoms. The SMILES string of the molecule is O=C([O-])C[C@H](Br)C(=O)c1ccccc1. The lowest BCUT2D eigenvalue weighted by Crippen LogP contribution is -2.28. The average molecular weight is 256 g/mol. The minimum atomic E-state index is -1.24. The van der Waals surface area contributed by atoms with Crippen LogP contribution in [0, 0.1) is 0 Å². The number of rotatable bonds is 4. The summed E-state index contributed by atoms with van der Waals surface area (Å²) in [7, 11) is 0. The zero-order chi connectivity index (χ0) is 10.6. The summed E-state index contributed by atoms with van der Waals surface area (Å²) in [5.74, 6) is -1.48. The highest BCUT2D eigenvalue weighted by Gasteiger charge is 2.16. The van der Waals surface area contributed by atoms with Gasteiger partial charge in [0.2, 0.25) is 0 Å². The third kappa shape index (κ3) is 2.96. The van der Waals surface area contributed by atoms with E-state index in [2.05, 4.69) is 15.9 Å². The van der Waals surface area contributed by atoms with E-state index < -0.39 is 10.8 Å². The Morgan fingerprint density at radius 1 is 1.29 bits per heavy atom. The third-order valence-electron chi connectivity index (χ3n) is 1.69. The molecule has 0 fully saturated rings. The number of carbonyl (C=O) groups excluding carboxylic acids is 2. The predicted molar refractivity (Wildman–Crippen MR) is 53.1 cm³/mol. The molecule has 0 unspecified atom stereocenters. The van der Waals surface area contributed by atoms with E-state index in [1.54, 1.807) is 30.3 Å². The lowest BCUT2D eigenvalue weighted by atomic mass is 10.1. The second-order valence-electron chi connectivity index (χ2n) is 2.77. The quantitative estimate of drug-likeness (QED) is 0.590. The highest BCUT2D eigenvalue weighted by molar-refractivity contribution is 9.10. The Hall–Kier alpha value is -1.16. The van der Waals surface area contributed by atoms with Crippen molar-refractivity contribution in [3.8, 4) is 0 Å². The summed E-state index contributed by atoms with van der Waals surface area (Å²) < 4.78 is 0. The lowest BCUT2D eigenvalue weighted by molar-refractivity contribution is -0.305. The zero-order valence-electron chi connectivity index (χ0n) is 7.27. The fraction of sp³-hybridized carbons (Fsp3) is 0.200. The largest absolute Gasteiger partial charge is 0.550 e. The number of alkyl halides is 1. The Kier molecular flexibility index (Phi) is 3.83. The summed E-state index contributed by atoms with van der Waals surface area (Å²) in [6, 6.07) is 8.54. The van der Waals surface area contributed by atoms with Gasteiger partial charge in [-0.1, -0.05) is 46.3 Å². The van der Waals surface area contributed by atoms with Gasteiger partial charge < -0.3 is 9.90 Å². The van der Waals surface area contributed by atoms with Crippen LogP contribution in [-0.4, -0.2) is 16.6 Å². The van der Waals surface area contributed by atoms with E-state index in [1.807, 2.05) is 0 Å². The molecule has 3 nitrogen and oxygen atoms in total. The summed E-state index contributed by atoms with van der Waals surface area (Å²) in [6.45, 7) is 0. The molecule has 0 saturated heterocycles. The summed E-state index contributed by atoms with van der Waals surface area (Å²) >= 11 is 3.01. The van der Waals surface area contributed by atoms with Gasteiger partial charge >= 0.3 is 0 Å². The van der Waals surface area contributed by atoms with Crippen molar-refractivity contribution in [2.24, 2.45) is 0 Å². The van der Waals surface area contributed by atoms with Crippen molar-refractivity contribution in [3.05, 3.63) is 35.9 Å². The first-order valence-corrected chi connectivity index (χ1v) is 4.96. The molecule has 0 spiro atoms. The van der Waals surface area contributed by atoms with Crippen LogP contribution < -0.4 is 5.11 Å². The number of halogens is 1. The molecule has 0 aliphatic carbocycles. The number of carbonyl (C=O) groups is 2. The van der Waals surface area contributed by atoms with Gasteiger partial charge in [0.05, 0.1) is 4.83 Å². The van der Waals surface area contributed by atoms with Crippen LogP contribution in [0.5, 0.6) is 0 Å². The van der Waals surface area contributed by atoms with Gasteiger partial charge in [-0.2, -0.15) is 0 Å². The maximum absolute atomic E-state index is 11.5. The summed E-state index contributed by atoms with van der Waals surface area (Å²) in [5, 5.41) is 10.3. The molecule has 0 aromatic heterocycles. The van der Waals surface area contributed by atoms with Gasteiger partial charge in [-0.05, 0) is 0 Å². The molecular weight excluding hydrogens is 248 g/mol. The van der Waals surface area contributed by atoms with Crippen molar-refractivity contribution in [2.75, 3.05) is 0 Å². The van der Waals surface area contributed by atoms with Gasteiger partial charge in [-0.15, -0.1) is 0 Å². The number of aliphatic carboxylic acids is 1. The lowest BCUT2D eigenvalue weighted by Gasteiger charge is -2.08. The van der Waals surface area contributed by atoms with Crippen molar-refractivity contribution in [1.29, 1.82) is 0 Å². The molecule has 0 saturated carbocycles. The van der Waals surface area contributed by atoms with E-state index in [9.17, 15) is 14.7 Å². The molecule has 0 aliphatic heterocycles. The van der Waals surface area contributed by atoms with E-state index in [1.165, 1.54) is 0 Å². The van der Waals surface area contributed by atoms with Crippen LogP contribution in [-0.2, 0) is 4.79 Å². The van der Waals surface area contributed by atoms with Crippen LogP contribution in [0.15, 0.2) is 30.3 Å². The van der Waals surface area contributed by atoms with E-state index in [0.29, 0.717) is 5.56 Å². The van der Waals surface area contributed by atoms with E-state index in [-0.39, 0.29) is 12.2 Å². The predicted octanol–water partition coefficient (Wildman–Crippen LogP) is 0.773. The second kappa shape index (κ2) is 4.91. The maximum Gasteiger partial charge on any atom is 0.176 e. The Labute approximate surface area is 89.9 Å². The van der Waals surface area contributed by atoms with Gasteiger partial charge in [-0.25, -0.2) is 0 Å². The normalized spacial score (nSPS) is 12.1. The number of carboxylic acids is 1. The fourth-order valence-corrected chi connectivity index (χ4v) is 1.55. The van der Waals surface area contributed by atoms with Crippen molar-refractivity contribution >= 4 is 27.7 Å². The molecule has 0 radical (unpaired) electrons. The van der Waals surface area contributed by atoms with Crippen molar-refractivity contribution in [2.45, 2.75) is 11.2 Å². The highest BCUT2D eigenvalue weighted by Crippen LogP contribution is 2.12. The third-order valence-corrected chi connectivity index (χ3v) is 2.43. The molecule has 1 atom stereocenters. The van der Waals surface area contributed by atoms with E-state index in [0.717, 1.165) is 0 Å². The van der Waals surface area contributed by atoms with Crippen LogP contribution in [0.25, 0.3) is 0 Å². The number of carboxylic acid groups (broad SMARTS) is 1. The Bertz CT molecular complexity index is 334. The summed E-state index contributed by atoms with van der Waals surface area (Å²) in [5.41, 5.74) is 0.496. The van der Waals surface area contributed by atoms with Gasteiger partial charge in [-0.3, -0.25) is 4.79 Å². The first-order valence-electron chi connectivity index (χ1n) is 4.04. The molecule has 0 amide bonds. The van der Waals surface area contributed by atoms with Crippen molar-refractivity contribution < 1.29 is 14.7 Å². The molecule has 1 aromatic rings. The molecule has 0 N–H and O–H groups in total. The standard InChI is InChI=1S/C10H9BrO3/c11-8(6-9(12)13)10(14)7-4-2-1-3-5-7/h1-5,8H,6H2,(H,12,13)/p-1/t8-/m0/s1. The maximum atomic E-state index is 11.5. The van der Waals surface area contributed by atoms with Gasteiger partial charge in [0, 0.05) is 18.0 Å². The highest BCUT2D eigenvalue weighted by atomic mass is 79.9. The first-order chi connectivity index (χ1) is 6.61. The first kappa shape index (κ1) is 10.9. The number of benzene rings is 1. The minimum absolute atomic E-state index is 0.241. The topological polar surface area (TPSA) is 57.2 Å². The molecule has 1 aromatic carbocycles. The van der Waals surface area contributed by atoms with Gasteiger partial charge in [0.25, 0.3) is 0 Å². The Morgan fingerprint density at radius 2 is 1.86 bits per heavy atom. The Balaban J connectivity index is 2.71. The number of Topliss-reactive ketones (excluding diaryl/α,β-unsaturated/α-hetero) is 1. The van der Waals surface area contributed by atoms with Crippen LogP contribution in [0.3, 0.4) is 0 Å². The van der Waals surface area contributed by atoms with Crippen molar-refractivity contribution in [3.63, 3.8) is 0 Å². The van der Waals surface area contributed by atoms with E-state index in [4.69, 9.17) is 0 Å². The molecule has 1 rings (SSSR count). The van der Waals surface area contributed by atoms with Crippen molar-refractivity contribution in [1.82, 2.24) is 0 Å². The second-order valence-corrected chi connectivity index (χ2v) is 3.88. The van der Waals surface area contributed by atoms with Crippen LogP contribution in [0.2, 0.25) is 0 Å². The molecule has 0 heterocycles. The number of hydrogen-bond donors (Lipinski definition) is 0. The summed E-state index contributed by atoms with van der Waals surface area (Å²) in [4.78, 5) is 21.1. The van der Waals surface area contributed by atoms with Crippen LogP contribution in [0.4, 0.5) is 0 Å². The minimum Gasteiger partial charge on any atom is -0.550 e. The molecule has 0 bridgehead atoms. The summed E-state index contributed by atoms with van der Waals surface area (Å²) in [6.07, 6.45) is -0.312. The molecule has 4 heteroatoms. The van der Waals surface area contributed by atoms with Crippen LogP contribution >= 0.6 is 15.9 Å². The monoisotopic (exact) mass is 255 g/mol. The van der Waals surface area contributed by atoms with Crippen LogP contribution in [0.1, 0.15) is 16.8 Å². The zero-order valence-corrected chi connectivity index (χ0v) is 8.86. The fourth-order valence-electron chi connectivity index (χ4n) is 1.02. The number of ketones is 1. The Morgan fingerprint density at radius 3 is 2.36 bits per heavy atom. The van der Waals surface area contributed by atoms with E-state index >= 15 is 0 Å². The average Bonchev–Trinajstić information content (AvgIpc) is 2.17. The number of hydrogen-bond acceptors (Lipinski definition) is 3. The molecular formula is C10H8BrO3-. The van der Waals surface area contributed by atoms with Gasteiger partial charge in [0.15, 0.2) is 5.78 Å². The van der Waals surface area contributed by atoms with Gasteiger partial charge in [0.1, 0.15) is 0 Å². The smallest absolute Gasteiger partial charge is 0.176 e. The molecule has 0 aliphatic rings. The molecule has 74 valence electrons.